The van der Waals surface area contributed by atoms with Crippen LogP contribution in [0.1, 0.15) is 63.6 Å². The van der Waals surface area contributed by atoms with Crippen molar-refractivity contribution < 1.29 is 14.4 Å². The minimum Gasteiger partial charge on any atom is -0.481 e. The molecule has 1 aromatic heterocycles. The van der Waals surface area contributed by atoms with Crippen molar-refractivity contribution in [2.75, 3.05) is 0 Å². The third-order valence-corrected chi connectivity index (χ3v) is 4.72. The summed E-state index contributed by atoms with van der Waals surface area (Å²) in [6.07, 6.45) is 2.61. The fourth-order valence-electron chi connectivity index (χ4n) is 3.28. The predicted molar refractivity (Wildman–Crippen MR) is 67.7 cm³/mol. The Kier molecular flexibility index (Phi) is 2.69. The fourth-order valence-corrected chi connectivity index (χ4v) is 3.28. The van der Waals surface area contributed by atoms with Crippen LogP contribution in [0.3, 0.4) is 0 Å². The summed E-state index contributed by atoms with van der Waals surface area (Å²) in [5.74, 6) is 0.802. The maximum Gasteiger partial charge on any atom is 0.307 e. The third kappa shape index (κ3) is 2.15. The number of carboxylic acids is 1. The van der Waals surface area contributed by atoms with Crippen LogP contribution in [0.25, 0.3) is 0 Å². The molecule has 0 amide bonds. The van der Waals surface area contributed by atoms with Crippen molar-refractivity contribution >= 4 is 5.97 Å². The van der Waals surface area contributed by atoms with Crippen LogP contribution in [0, 0.1) is 17.3 Å². The molecule has 0 spiro atoms. The van der Waals surface area contributed by atoms with E-state index in [1.165, 1.54) is 0 Å². The fraction of sp³-hybridized carbons (Fsp3) is 0.786. The smallest absolute Gasteiger partial charge is 0.307 e. The Morgan fingerprint density at radius 3 is 2.68 bits per heavy atom. The van der Waals surface area contributed by atoms with Crippen molar-refractivity contribution in [2.24, 2.45) is 17.3 Å². The molecule has 2 saturated carbocycles. The normalized spacial score (nSPS) is 36.4. The molecular formula is C14H20N2O3. The highest BCUT2D eigenvalue weighted by atomic mass is 16.5. The second kappa shape index (κ2) is 4.05. The van der Waals surface area contributed by atoms with Crippen molar-refractivity contribution in [3.05, 3.63) is 11.7 Å². The van der Waals surface area contributed by atoms with E-state index < -0.39 is 5.97 Å². The zero-order valence-corrected chi connectivity index (χ0v) is 11.6. The van der Waals surface area contributed by atoms with E-state index in [-0.39, 0.29) is 17.3 Å². The van der Waals surface area contributed by atoms with E-state index in [2.05, 4.69) is 30.9 Å². The lowest BCUT2D eigenvalue weighted by molar-refractivity contribution is -0.142. The zero-order chi connectivity index (χ0) is 13.8. The van der Waals surface area contributed by atoms with Crippen LogP contribution in [0.5, 0.6) is 0 Å². The first-order valence-electron chi connectivity index (χ1n) is 6.95. The molecule has 1 N–H and O–H groups in total. The van der Waals surface area contributed by atoms with Gasteiger partial charge in [0.05, 0.1) is 11.8 Å². The number of rotatable bonds is 3. The molecule has 0 saturated heterocycles. The highest BCUT2D eigenvalue weighted by Crippen LogP contribution is 2.57. The van der Waals surface area contributed by atoms with Crippen molar-refractivity contribution in [1.29, 1.82) is 0 Å². The van der Waals surface area contributed by atoms with Crippen molar-refractivity contribution in [1.82, 2.24) is 10.1 Å². The highest BCUT2D eigenvalue weighted by molar-refractivity contribution is 5.71. The van der Waals surface area contributed by atoms with Gasteiger partial charge in [-0.2, -0.15) is 4.98 Å². The van der Waals surface area contributed by atoms with Gasteiger partial charge in [-0.3, -0.25) is 4.79 Å². The van der Waals surface area contributed by atoms with E-state index in [1.54, 1.807) is 0 Å². The first kappa shape index (κ1) is 12.6. The summed E-state index contributed by atoms with van der Waals surface area (Å²) in [5, 5.41) is 13.3. The van der Waals surface area contributed by atoms with Gasteiger partial charge < -0.3 is 9.63 Å². The molecule has 104 valence electrons. The number of aromatic nitrogens is 2. The molecule has 2 fully saturated rings. The summed E-state index contributed by atoms with van der Waals surface area (Å²) in [6, 6.07) is 0. The van der Waals surface area contributed by atoms with E-state index in [9.17, 15) is 9.90 Å². The molecule has 4 unspecified atom stereocenters. The minimum atomic E-state index is -0.749. The van der Waals surface area contributed by atoms with Gasteiger partial charge in [0.1, 0.15) is 0 Å². The van der Waals surface area contributed by atoms with Crippen molar-refractivity contribution in [2.45, 2.75) is 51.9 Å². The van der Waals surface area contributed by atoms with Gasteiger partial charge in [-0.05, 0) is 30.6 Å². The maximum atomic E-state index is 11.3. The Labute approximate surface area is 112 Å². The summed E-state index contributed by atoms with van der Waals surface area (Å²) in [6.45, 7) is 6.45. The average molecular weight is 264 g/mol. The highest BCUT2D eigenvalue weighted by Gasteiger charge is 2.50. The molecule has 1 aromatic rings. The molecule has 2 aliphatic carbocycles. The van der Waals surface area contributed by atoms with Crippen LogP contribution in [0.15, 0.2) is 4.52 Å². The number of hydrogen-bond acceptors (Lipinski definition) is 4. The number of aliphatic carboxylic acids is 1. The van der Waals surface area contributed by atoms with Crippen LogP contribution in [0.4, 0.5) is 0 Å². The predicted octanol–water partition coefficient (Wildman–Crippen LogP) is 2.80. The van der Waals surface area contributed by atoms with Crippen LogP contribution in [-0.2, 0) is 4.79 Å². The number of carbonyl (C=O) groups is 1. The van der Waals surface area contributed by atoms with Crippen LogP contribution in [-0.4, -0.2) is 21.2 Å². The van der Waals surface area contributed by atoms with E-state index in [4.69, 9.17) is 4.52 Å². The second-order valence-corrected chi connectivity index (χ2v) is 6.86. The van der Waals surface area contributed by atoms with Gasteiger partial charge in [0.15, 0.2) is 5.82 Å². The Morgan fingerprint density at radius 1 is 1.42 bits per heavy atom. The largest absolute Gasteiger partial charge is 0.481 e. The lowest BCUT2D eigenvalue weighted by Gasteiger charge is -2.10. The monoisotopic (exact) mass is 264 g/mol. The van der Waals surface area contributed by atoms with E-state index in [0.717, 1.165) is 18.7 Å². The molecule has 0 aromatic carbocycles. The van der Waals surface area contributed by atoms with Gasteiger partial charge in [-0.1, -0.05) is 25.9 Å². The molecule has 3 rings (SSSR count). The number of hydrogen-bond donors (Lipinski definition) is 1. The molecule has 19 heavy (non-hydrogen) atoms. The van der Waals surface area contributed by atoms with Crippen LogP contribution < -0.4 is 0 Å². The first-order valence-corrected chi connectivity index (χ1v) is 6.95. The Bertz CT molecular complexity index is 509. The molecular weight excluding hydrogens is 244 g/mol. The molecule has 1 heterocycles. The van der Waals surface area contributed by atoms with Gasteiger partial charge >= 0.3 is 5.97 Å². The van der Waals surface area contributed by atoms with Gasteiger partial charge in [0.25, 0.3) is 0 Å². The molecule has 5 nitrogen and oxygen atoms in total. The summed E-state index contributed by atoms with van der Waals surface area (Å²) in [7, 11) is 0. The van der Waals surface area contributed by atoms with Gasteiger partial charge in [0.2, 0.25) is 5.89 Å². The topological polar surface area (TPSA) is 76.2 Å². The lowest BCUT2D eigenvalue weighted by atomic mass is 9.96. The standard InChI is InChI=1S/C14H20N2O3/c1-7-4-8(9(5-7)13(17)18)12-15-11(16-19-12)10-6-14(10,2)3/h7-10H,4-6H2,1-3H3,(H,17,18). The molecule has 0 aliphatic heterocycles. The van der Waals surface area contributed by atoms with E-state index in [0.29, 0.717) is 24.1 Å². The summed E-state index contributed by atoms with van der Waals surface area (Å²) in [5.41, 5.74) is 0.260. The summed E-state index contributed by atoms with van der Waals surface area (Å²) in [4.78, 5) is 15.8. The molecule has 2 aliphatic rings. The Hall–Kier alpha value is -1.39. The van der Waals surface area contributed by atoms with Crippen LogP contribution in [0.2, 0.25) is 0 Å². The third-order valence-electron chi connectivity index (χ3n) is 4.72. The summed E-state index contributed by atoms with van der Waals surface area (Å²) >= 11 is 0. The number of carboxylic acid groups (broad SMARTS) is 1. The van der Waals surface area contributed by atoms with Gasteiger partial charge in [0, 0.05) is 5.92 Å². The Morgan fingerprint density at radius 2 is 2.11 bits per heavy atom. The maximum absolute atomic E-state index is 11.3. The average Bonchev–Trinajstić information content (AvgIpc) is 2.73. The van der Waals surface area contributed by atoms with Crippen molar-refractivity contribution in [3.8, 4) is 0 Å². The van der Waals surface area contributed by atoms with Crippen LogP contribution >= 0.6 is 0 Å². The minimum absolute atomic E-state index is 0.115. The molecule has 0 bridgehead atoms. The Balaban J connectivity index is 1.81. The van der Waals surface area contributed by atoms with E-state index >= 15 is 0 Å². The van der Waals surface area contributed by atoms with Crippen molar-refractivity contribution in [3.63, 3.8) is 0 Å². The lowest BCUT2D eigenvalue weighted by Crippen LogP contribution is -2.17. The molecule has 5 heteroatoms. The number of nitrogens with zero attached hydrogens (tertiary/aromatic N) is 2. The van der Waals surface area contributed by atoms with E-state index in [1.807, 2.05) is 0 Å². The summed E-state index contributed by atoms with van der Waals surface area (Å²) < 4.78 is 5.35. The SMILES string of the molecule is CC1CC(C(=O)O)C(c2nc(C3CC3(C)C)no2)C1. The first-order chi connectivity index (χ1) is 8.88. The molecule has 0 radical (unpaired) electrons. The quantitative estimate of drug-likeness (QED) is 0.908. The van der Waals surface area contributed by atoms with Gasteiger partial charge in [-0.15, -0.1) is 0 Å². The second-order valence-electron chi connectivity index (χ2n) is 6.86. The van der Waals surface area contributed by atoms with Gasteiger partial charge in [-0.25, -0.2) is 0 Å². The molecule has 4 atom stereocenters. The zero-order valence-electron chi connectivity index (χ0n) is 11.6.